The Hall–Kier alpha value is 0.170. The molecule has 1 heterocycles. The lowest BCUT2D eigenvalue weighted by atomic mass is 10.1. The molecule has 1 saturated heterocycles. The number of β-amino-alcohol motifs (C(OH)–C–C–N with tert-alkyl or cyclic N) is 1. The molecule has 0 amide bonds. The lowest BCUT2D eigenvalue weighted by Gasteiger charge is -2.38. The lowest BCUT2D eigenvalue weighted by Crippen LogP contribution is -2.51. The SMILES string of the molecule is CC1OCCN(CC(O)CCl)C1C. The number of halogens is 1. The molecule has 1 aliphatic rings. The first-order valence-corrected chi connectivity index (χ1v) is 5.28. The Morgan fingerprint density at radius 1 is 1.62 bits per heavy atom. The van der Waals surface area contributed by atoms with Crippen LogP contribution in [0.2, 0.25) is 0 Å². The van der Waals surface area contributed by atoms with Crippen LogP contribution in [0.3, 0.4) is 0 Å². The Labute approximate surface area is 84.6 Å². The van der Waals surface area contributed by atoms with Crippen LogP contribution in [-0.4, -0.2) is 53.8 Å². The quantitative estimate of drug-likeness (QED) is 0.692. The predicted octanol–water partition coefficient (Wildman–Crippen LogP) is 0.695. The third-order valence-corrected chi connectivity index (χ3v) is 2.99. The van der Waals surface area contributed by atoms with Crippen molar-refractivity contribution in [2.75, 3.05) is 25.6 Å². The number of rotatable bonds is 3. The molecular formula is C9H18ClNO2. The smallest absolute Gasteiger partial charge is 0.0802 e. The molecule has 3 atom stereocenters. The van der Waals surface area contributed by atoms with Crippen molar-refractivity contribution in [3.63, 3.8) is 0 Å². The number of nitrogens with zero attached hydrogens (tertiary/aromatic N) is 1. The highest BCUT2D eigenvalue weighted by molar-refractivity contribution is 6.18. The minimum Gasteiger partial charge on any atom is -0.391 e. The van der Waals surface area contributed by atoms with E-state index in [1.165, 1.54) is 0 Å². The Kier molecular flexibility index (Phi) is 4.46. The second kappa shape index (κ2) is 5.15. The summed E-state index contributed by atoms with van der Waals surface area (Å²) in [6, 6.07) is 0.367. The van der Waals surface area contributed by atoms with Crippen molar-refractivity contribution in [2.24, 2.45) is 0 Å². The van der Waals surface area contributed by atoms with Gasteiger partial charge in [0.15, 0.2) is 0 Å². The number of ether oxygens (including phenoxy) is 1. The summed E-state index contributed by atoms with van der Waals surface area (Å²) in [5, 5.41) is 9.40. The first-order valence-electron chi connectivity index (χ1n) is 4.75. The zero-order valence-electron chi connectivity index (χ0n) is 8.24. The molecule has 1 rings (SSSR count). The minimum absolute atomic E-state index is 0.247. The van der Waals surface area contributed by atoms with E-state index in [0.29, 0.717) is 18.5 Å². The number of aliphatic hydroxyl groups excluding tert-OH is 1. The van der Waals surface area contributed by atoms with E-state index in [-0.39, 0.29) is 6.10 Å². The second-order valence-corrected chi connectivity index (χ2v) is 3.93. The third-order valence-electron chi connectivity index (χ3n) is 2.64. The second-order valence-electron chi connectivity index (χ2n) is 3.62. The molecule has 3 nitrogen and oxygen atoms in total. The highest BCUT2D eigenvalue weighted by atomic mass is 35.5. The summed E-state index contributed by atoms with van der Waals surface area (Å²) in [4.78, 5) is 2.22. The summed E-state index contributed by atoms with van der Waals surface area (Å²) < 4.78 is 5.48. The Morgan fingerprint density at radius 2 is 2.31 bits per heavy atom. The molecule has 0 saturated carbocycles. The molecule has 3 unspecified atom stereocenters. The third kappa shape index (κ3) is 3.09. The van der Waals surface area contributed by atoms with Crippen molar-refractivity contribution in [2.45, 2.75) is 32.1 Å². The van der Waals surface area contributed by atoms with Gasteiger partial charge in [-0.3, -0.25) is 4.90 Å². The summed E-state index contributed by atoms with van der Waals surface area (Å²) in [5.41, 5.74) is 0. The average molecular weight is 208 g/mol. The molecule has 0 radical (unpaired) electrons. The number of hydrogen-bond donors (Lipinski definition) is 1. The van der Waals surface area contributed by atoms with Crippen LogP contribution in [0.25, 0.3) is 0 Å². The molecule has 0 bridgehead atoms. The maximum atomic E-state index is 9.40. The largest absolute Gasteiger partial charge is 0.391 e. The van der Waals surface area contributed by atoms with E-state index < -0.39 is 6.10 Å². The molecule has 0 aromatic rings. The first kappa shape index (κ1) is 11.2. The fourth-order valence-electron chi connectivity index (χ4n) is 1.57. The van der Waals surface area contributed by atoms with Crippen molar-refractivity contribution in [3.05, 3.63) is 0 Å². The highest BCUT2D eigenvalue weighted by Crippen LogP contribution is 2.13. The maximum absolute atomic E-state index is 9.40. The van der Waals surface area contributed by atoms with Crippen molar-refractivity contribution >= 4 is 11.6 Å². The van der Waals surface area contributed by atoms with Gasteiger partial charge in [0.05, 0.1) is 18.8 Å². The van der Waals surface area contributed by atoms with E-state index in [9.17, 15) is 5.11 Å². The summed E-state index contributed by atoms with van der Waals surface area (Å²) in [7, 11) is 0. The molecule has 0 aliphatic carbocycles. The molecule has 4 heteroatoms. The topological polar surface area (TPSA) is 32.7 Å². The molecule has 1 aliphatic heterocycles. The van der Waals surface area contributed by atoms with Crippen LogP contribution in [-0.2, 0) is 4.74 Å². The Bertz CT molecular complexity index is 157. The van der Waals surface area contributed by atoms with Gasteiger partial charge < -0.3 is 9.84 Å². The van der Waals surface area contributed by atoms with Gasteiger partial charge in [-0.15, -0.1) is 11.6 Å². The summed E-state index contributed by atoms with van der Waals surface area (Å²) >= 11 is 5.55. The Balaban J connectivity index is 2.39. The number of morpholine rings is 1. The fourth-order valence-corrected chi connectivity index (χ4v) is 1.67. The summed E-state index contributed by atoms with van der Waals surface area (Å²) in [6.45, 7) is 6.47. The molecule has 1 fully saturated rings. The molecule has 0 aromatic carbocycles. The highest BCUT2D eigenvalue weighted by Gasteiger charge is 2.26. The zero-order valence-corrected chi connectivity index (χ0v) is 9.00. The first-order chi connectivity index (χ1) is 6.15. The lowest BCUT2D eigenvalue weighted by molar-refractivity contribution is -0.0651. The molecule has 1 N–H and O–H groups in total. The van der Waals surface area contributed by atoms with Gasteiger partial charge in [-0.25, -0.2) is 0 Å². The summed E-state index contributed by atoms with van der Waals surface area (Å²) in [6.07, 6.45) is -0.175. The maximum Gasteiger partial charge on any atom is 0.0802 e. The van der Waals surface area contributed by atoms with Gasteiger partial charge in [0.1, 0.15) is 0 Å². The minimum atomic E-state index is -0.422. The molecule has 13 heavy (non-hydrogen) atoms. The molecule has 0 aromatic heterocycles. The van der Waals surface area contributed by atoms with E-state index in [0.717, 1.165) is 13.2 Å². The molecule has 0 spiro atoms. The van der Waals surface area contributed by atoms with Gasteiger partial charge in [0, 0.05) is 25.0 Å². The van der Waals surface area contributed by atoms with Crippen LogP contribution in [0.1, 0.15) is 13.8 Å². The summed E-state index contributed by atoms with van der Waals surface area (Å²) in [5.74, 6) is 0.304. The standard InChI is InChI=1S/C9H18ClNO2/c1-7-8(2)13-4-3-11(7)6-9(12)5-10/h7-9,12H,3-6H2,1-2H3. The van der Waals surface area contributed by atoms with E-state index >= 15 is 0 Å². The Morgan fingerprint density at radius 3 is 2.92 bits per heavy atom. The van der Waals surface area contributed by atoms with Crippen LogP contribution in [0.5, 0.6) is 0 Å². The van der Waals surface area contributed by atoms with Crippen molar-refractivity contribution < 1.29 is 9.84 Å². The van der Waals surface area contributed by atoms with E-state index in [1.807, 2.05) is 0 Å². The van der Waals surface area contributed by atoms with E-state index in [1.54, 1.807) is 0 Å². The monoisotopic (exact) mass is 207 g/mol. The van der Waals surface area contributed by atoms with Gasteiger partial charge in [-0.1, -0.05) is 0 Å². The molecule has 78 valence electrons. The van der Waals surface area contributed by atoms with Crippen LogP contribution in [0, 0.1) is 0 Å². The van der Waals surface area contributed by atoms with Gasteiger partial charge in [-0.05, 0) is 13.8 Å². The zero-order chi connectivity index (χ0) is 9.84. The van der Waals surface area contributed by atoms with Crippen molar-refractivity contribution in [1.29, 1.82) is 0 Å². The van der Waals surface area contributed by atoms with Gasteiger partial charge in [0.25, 0.3) is 0 Å². The van der Waals surface area contributed by atoms with Crippen LogP contribution in [0.4, 0.5) is 0 Å². The number of hydrogen-bond acceptors (Lipinski definition) is 3. The normalized spacial score (nSPS) is 33.2. The van der Waals surface area contributed by atoms with Crippen molar-refractivity contribution in [3.8, 4) is 0 Å². The van der Waals surface area contributed by atoms with Gasteiger partial charge in [0.2, 0.25) is 0 Å². The predicted molar refractivity (Wildman–Crippen MR) is 53.2 cm³/mol. The fraction of sp³-hybridized carbons (Fsp3) is 1.00. The van der Waals surface area contributed by atoms with Crippen LogP contribution < -0.4 is 0 Å². The number of alkyl halides is 1. The van der Waals surface area contributed by atoms with Crippen LogP contribution >= 0.6 is 11.6 Å². The van der Waals surface area contributed by atoms with Gasteiger partial charge in [-0.2, -0.15) is 0 Å². The number of aliphatic hydroxyl groups is 1. The van der Waals surface area contributed by atoms with Crippen molar-refractivity contribution in [1.82, 2.24) is 4.90 Å². The van der Waals surface area contributed by atoms with E-state index in [2.05, 4.69) is 18.7 Å². The van der Waals surface area contributed by atoms with Gasteiger partial charge >= 0.3 is 0 Å². The molecular weight excluding hydrogens is 190 g/mol. The van der Waals surface area contributed by atoms with Crippen LogP contribution in [0.15, 0.2) is 0 Å². The average Bonchev–Trinajstić information content (AvgIpc) is 2.13. The van der Waals surface area contributed by atoms with E-state index in [4.69, 9.17) is 16.3 Å².